The first-order valence-electron chi connectivity index (χ1n) is 13.1. The molecule has 1 amide bonds. The predicted molar refractivity (Wildman–Crippen MR) is 146 cm³/mol. The van der Waals surface area contributed by atoms with E-state index < -0.39 is 5.54 Å². The summed E-state index contributed by atoms with van der Waals surface area (Å²) < 4.78 is 0. The number of nitrogen functional groups attached to an aromatic ring is 1. The number of hydrogen-bond acceptors (Lipinski definition) is 8. The minimum atomic E-state index is -0.460. The molecule has 1 saturated heterocycles. The number of anilines is 4. The number of piperidine rings is 1. The molecule has 2 fully saturated rings. The van der Waals surface area contributed by atoms with Crippen molar-refractivity contribution in [2.24, 2.45) is 5.41 Å². The summed E-state index contributed by atoms with van der Waals surface area (Å²) in [7, 11) is 1.97. The van der Waals surface area contributed by atoms with Crippen LogP contribution >= 0.6 is 11.8 Å². The highest BCUT2D eigenvalue weighted by molar-refractivity contribution is 7.99. The second-order valence-electron chi connectivity index (χ2n) is 11.0. The topological polar surface area (TPSA) is 100 Å². The minimum absolute atomic E-state index is 0.0474. The molecule has 7 rings (SSSR count). The number of carbonyl (C=O) groups excluding carboxylic acids is 1. The van der Waals surface area contributed by atoms with Crippen LogP contribution < -0.4 is 20.9 Å². The summed E-state index contributed by atoms with van der Waals surface area (Å²) in [5, 5.41) is 3.76. The lowest BCUT2D eigenvalue weighted by atomic mass is 9.73. The second-order valence-corrected chi connectivity index (χ2v) is 12.1. The second kappa shape index (κ2) is 8.34. The number of aromatic nitrogens is 3. The molecule has 1 aromatic carbocycles. The van der Waals surface area contributed by atoms with E-state index in [-0.39, 0.29) is 5.91 Å². The van der Waals surface area contributed by atoms with E-state index in [0.29, 0.717) is 16.3 Å². The number of nitrogens with zero attached hydrogens (tertiary/aromatic N) is 5. The van der Waals surface area contributed by atoms with E-state index in [9.17, 15) is 4.79 Å². The number of likely N-dealkylation sites (N-methyl/N-ethyl adjacent to an activating group) is 1. The molecule has 0 unspecified atom stereocenters. The van der Waals surface area contributed by atoms with Gasteiger partial charge < -0.3 is 20.9 Å². The van der Waals surface area contributed by atoms with E-state index in [1.54, 1.807) is 6.20 Å². The molecule has 2 aromatic heterocycles. The summed E-state index contributed by atoms with van der Waals surface area (Å²) in [6, 6.07) is 10.8. The van der Waals surface area contributed by atoms with E-state index in [2.05, 4.69) is 39.5 Å². The van der Waals surface area contributed by atoms with Crippen LogP contribution in [0.25, 0.3) is 0 Å². The molecule has 190 valence electrons. The number of rotatable bonds is 3. The van der Waals surface area contributed by atoms with Gasteiger partial charge in [0.05, 0.1) is 11.9 Å². The number of fused-ring (bicyclic) bond motifs is 2. The first-order valence-corrected chi connectivity index (χ1v) is 13.9. The van der Waals surface area contributed by atoms with Gasteiger partial charge in [-0.25, -0.2) is 15.0 Å². The molecule has 4 aliphatic rings. The Morgan fingerprint density at radius 1 is 1.03 bits per heavy atom. The third-order valence-corrected chi connectivity index (χ3v) is 10.1. The zero-order valence-electron chi connectivity index (χ0n) is 21.0. The van der Waals surface area contributed by atoms with Crippen molar-refractivity contribution in [3.05, 3.63) is 53.9 Å². The molecule has 3 aromatic rings. The van der Waals surface area contributed by atoms with Gasteiger partial charge in [0.2, 0.25) is 5.91 Å². The van der Waals surface area contributed by atoms with E-state index in [1.807, 2.05) is 24.2 Å². The zero-order chi connectivity index (χ0) is 25.2. The van der Waals surface area contributed by atoms with Crippen molar-refractivity contribution in [1.29, 1.82) is 0 Å². The normalized spacial score (nSPS) is 20.9. The summed E-state index contributed by atoms with van der Waals surface area (Å²) in [4.78, 5) is 32.2. The third kappa shape index (κ3) is 3.58. The zero-order valence-corrected chi connectivity index (χ0v) is 21.9. The molecule has 9 heteroatoms. The molecule has 1 saturated carbocycles. The maximum Gasteiger partial charge on any atom is 0.250 e. The largest absolute Gasteiger partial charge is 0.381 e. The highest BCUT2D eigenvalue weighted by atomic mass is 32.2. The molecular weight excluding hydrogens is 482 g/mol. The van der Waals surface area contributed by atoms with Gasteiger partial charge >= 0.3 is 0 Å². The number of pyridine rings is 1. The average Bonchev–Trinajstić information content (AvgIpc) is 3.23. The lowest BCUT2D eigenvalue weighted by Gasteiger charge is -2.50. The Bertz CT molecular complexity index is 1370. The molecular formula is C28H31N7OS. The molecule has 0 radical (unpaired) electrons. The Morgan fingerprint density at radius 2 is 1.76 bits per heavy atom. The summed E-state index contributed by atoms with van der Waals surface area (Å²) in [6.07, 6.45) is 11.1. The maximum absolute atomic E-state index is 13.0. The van der Waals surface area contributed by atoms with Crippen molar-refractivity contribution in [2.75, 3.05) is 41.0 Å². The van der Waals surface area contributed by atoms with E-state index >= 15 is 0 Å². The monoisotopic (exact) mass is 513 g/mol. The van der Waals surface area contributed by atoms with Crippen LogP contribution in [-0.4, -0.2) is 46.5 Å². The summed E-state index contributed by atoms with van der Waals surface area (Å²) in [6.45, 7) is 1.93. The maximum atomic E-state index is 13.0. The van der Waals surface area contributed by atoms with Crippen LogP contribution in [0.1, 0.15) is 43.2 Å². The fraction of sp³-hybridized carbons (Fsp3) is 0.429. The van der Waals surface area contributed by atoms with Gasteiger partial charge in [-0.2, -0.15) is 0 Å². The molecule has 2 aliphatic carbocycles. The summed E-state index contributed by atoms with van der Waals surface area (Å²) in [5.74, 6) is 2.09. The number of benzene rings is 1. The Kier molecular flexibility index (Phi) is 5.15. The van der Waals surface area contributed by atoms with Crippen molar-refractivity contribution in [3.8, 4) is 0 Å². The van der Waals surface area contributed by atoms with Crippen molar-refractivity contribution in [3.63, 3.8) is 0 Å². The number of carbonyl (C=O) groups is 1. The number of hydrogen-bond donors (Lipinski definition) is 2. The first kappa shape index (κ1) is 22.8. The Hall–Kier alpha value is -3.33. The van der Waals surface area contributed by atoms with Crippen molar-refractivity contribution >= 4 is 40.8 Å². The van der Waals surface area contributed by atoms with Gasteiger partial charge in [0.1, 0.15) is 16.4 Å². The fourth-order valence-electron chi connectivity index (χ4n) is 6.60. The third-order valence-electron chi connectivity index (χ3n) is 9.05. The summed E-state index contributed by atoms with van der Waals surface area (Å²) in [5.41, 5.74) is 10.1. The van der Waals surface area contributed by atoms with Gasteiger partial charge in [0, 0.05) is 31.2 Å². The van der Waals surface area contributed by atoms with Crippen LogP contribution in [0.5, 0.6) is 0 Å². The van der Waals surface area contributed by atoms with Gasteiger partial charge in [-0.1, -0.05) is 36.0 Å². The van der Waals surface area contributed by atoms with Gasteiger partial charge in [0.15, 0.2) is 11.6 Å². The van der Waals surface area contributed by atoms with Crippen LogP contribution in [0.15, 0.2) is 52.6 Å². The standard InChI is InChI=1S/C28H31N7OS/c1-34-24-22(33-26(36)28(34)8-4-9-28)20(7-12-30-24)37-25-23(29)32-21(17-31-25)35-13-10-27(11-14-35)15-18-5-2-3-6-19(18)16-27/h2-3,5-7,12,17H,4,8-11,13-16H2,1H3,(H2,29,32)(H,33,36). The van der Waals surface area contributed by atoms with Crippen LogP contribution in [0, 0.1) is 5.41 Å². The van der Waals surface area contributed by atoms with Crippen molar-refractivity contribution in [1.82, 2.24) is 15.0 Å². The highest BCUT2D eigenvalue weighted by Crippen LogP contribution is 2.49. The minimum Gasteiger partial charge on any atom is -0.381 e. The lowest BCUT2D eigenvalue weighted by molar-refractivity contribution is -0.124. The lowest BCUT2D eigenvalue weighted by Crippen LogP contribution is -2.62. The SMILES string of the molecule is CN1c2nccc(Sc3ncc(N4CCC5(CC4)Cc4ccccc4C5)nc3N)c2NC(=O)C12CCC2. The van der Waals surface area contributed by atoms with Gasteiger partial charge in [-0.3, -0.25) is 4.79 Å². The molecule has 3 N–H and O–H groups in total. The molecule has 2 spiro atoms. The van der Waals surface area contributed by atoms with Gasteiger partial charge in [-0.05, 0) is 67.6 Å². The summed E-state index contributed by atoms with van der Waals surface area (Å²) >= 11 is 1.42. The van der Waals surface area contributed by atoms with Crippen LogP contribution in [0.3, 0.4) is 0 Å². The van der Waals surface area contributed by atoms with Gasteiger partial charge in [0.25, 0.3) is 0 Å². The molecule has 2 aliphatic heterocycles. The predicted octanol–water partition coefficient (Wildman–Crippen LogP) is 4.30. The number of nitrogens with two attached hydrogens (primary N) is 1. The van der Waals surface area contributed by atoms with E-state index in [0.717, 1.165) is 67.4 Å². The van der Waals surface area contributed by atoms with Crippen LogP contribution in [-0.2, 0) is 17.6 Å². The highest BCUT2D eigenvalue weighted by Gasteiger charge is 2.51. The van der Waals surface area contributed by atoms with Crippen LogP contribution in [0.4, 0.5) is 23.1 Å². The molecule has 0 atom stereocenters. The Morgan fingerprint density at radius 3 is 2.41 bits per heavy atom. The van der Waals surface area contributed by atoms with Crippen LogP contribution in [0.2, 0.25) is 0 Å². The molecule has 8 nitrogen and oxygen atoms in total. The quantitative estimate of drug-likeness (QED) is 0.535. The van der Waals surface area contributed by atoms with E-state index in [4.69, 9.17) is 15.7 Å². The fourth-order valence-corrected chi connectivity index (χ4v) is 7.44. The number of nitrogens with one attached hydrogen (secondary N) is 1. The molecule has 0 bridgehead atoms. The molecule has 37 heavy (non-hydrogen) atoms. The van der Waals surface area contributed by atoms with Gasteiger partial charge in [-0.15, -0.1) is 0 Å². The van der Waals surface area contributed by atoms with E-state index in [1.165, 1.54) is 35.7 Å². The smallest absolute Gasteiger partial charge is 0.250 e. The van der Waals surface area contributed by atoms with Crippen molar-refractivity contribution in [2.45, 2.75) is 60.4 Å². The molecule has 4 heterocycles. The van der Waals surface area contributed by atoms with Crippen molar-refractivity contribution < 1.29 is 4.79 Å². The Balaban J connectivity index is 1.07. The first-order chi connectivity index (χ1) is 18.0. The Labute approximate surface area is 221 Å². The number of amides is 1. The average molecular weight is 514 g/mol.